The van der Waals surface area contributed by atoms with E-state index in [1.807, 2.05) is 0 Å². The van der Waals surface area contributed by atoms with Crippen LogP contribution in [0, 0.1) is 11.6 Å². The lowest BCUT2D eigenvalue weighted by atomic mass is 9.88. The molecule has 0 atom stereocenters. The van der Waals surface area contributed by atoms with Gasteiger partial charge in [0.1, 0.15) is 23.1 Å². The second-order valence-electron chi connectivity index (χ2n) is 7.50. The van der Waals surface area contributed by atoms with Crippen LogP contribution < -0.4 is 9.47 Å². The molecule has 0 radical (unpaired) electrons. The normalized spacial score (nSPS) is 10.6. The van der Waals surface area contributed by atoms with Crippen LogP contribution in [0.25, 0.3) is 11.1 Å². The molecule has 0 spiro atoms. The quantitative estimate of drug-likeness (QED) is 0.314. The Labute approximate surface area is 195 Å². The van der Waals surface area contributed by atoms with Crippen LogP contribution in [0.1, 0.15) is 31.8 Å². The first-order chi connectivity index (χ1) is 16.4. The van der Waals surface area contributed by atoms with E-state index in [9.17, 15) is 18.4 Å². The van der Waals surface area contributed by atoms with Gasteiger partial charge in [0.05, 0.1) is 14.2 Å². The smallest absolute Gasteiger partial charge is 0.193 e. The van der Waals surface area contributed by atoms with Gasteiger partial charge in [-0.25, -0.2) is 8.78 Å². The minimum atomic E-state index is -0.454. The zero-order valence-corrected chi connectivity index (χ0v) is 18.5. The van der Waals surface area contributed by atoms with Crippen LogP contribution in [0.3, 0.4) is 0 Å². The number of carbonyl (C=O) groups excluding carboxylic acids is 2. The maximum atomic E-state index is 13.4. The monoisotopic (exact) mass is 458 g/mol. The number of methoxy groups -OCH3 is 2. The van der Waals surface area contributed by atoms with Gasteiger partial charge in [-0.05, 0) is 96.1 Å². The molecule has 4 rings (SSSR count). The summed E-state index contributed by atoms with van der Waals surface area (Å²) in [5, 5.41) is 0. The maximum Gasteiger partial charge on any atom is 0.193 e. The first-order valence-electron chi connectivity index (χ1n) is 10.4. The first kappa shape index (κ1) is 22.9. The molecule has 0 aliphatic heterocycles. The fourth-order valence-corrected chi connectivity index (χ4v) is 3.66. The average Bonchev–Trinajstić information content (AvgIpc) is 2.88. The molecule has 0 amide bonds. The summed E-state index contributed by atoms with van der Waals surface area (Å²) in [5.41, 5.74) is 2.12. The van der Waals surface area contributed by atoms with Crippen LogP contribution in [0.5, 0.6) is 11.5 Å². The van der Waals surface area contributed by atoms with Crippen molar-refractivity contribution in [1.82, 2.24) is 0 Å². The second kappa shape index (κ2) is 9.67. The molecular formula is C28H20F2O4. The van der Waals surface area contributed by atoms with E-state index in [2.05, 4.69) is 0 Å². The molecule has 0 saturated carbocycles. The Morgan fingerprint density at radius 2 is 0.912 bits per heavy atom. The molecule has 0 heterocycles. The number of carbonyl (C=O) groups is 2. The zero-order chi connectivity index (χ0) is 24.2. The van der Waals surface area contributed by atoms with Gasteiger partial charge in [-0.1, -0.05) is 0 Å². The molecule has 4 aromatic rings. The summed E-state index contributed by atoms with van der Waals surface area (Å²) in [6.45, 7) is 0. The fourth-order valence-electron chi connectivity index (χ4n) is 3.66. The Morgan fingerprint density at radius 1 is 0.559 bits per heavy atom. The predicted octanol–water partition coefficient (Wildman–Crippen LogP) is 6.11. The van der Waals surface area contributed by atoms with Crippen LogP contribution in [0.15, 0.2) is 84.9 Å². The number of benzene rings is 4. The van der Waals surface area contributed by atoms with Crippen LogP contribution in [0.2, 0.25) is 0 Å². The van der Waals surface area contributed by atoms with Crippen LogP contribution in [-0.4, -0.2) is 25.8 Å². The van der Waals surface area contributed by atoms with Crippen molar-refractivity contribution in [3.05, 3.63) is 119 Å². The summed E-state index contributed by atoms with van der Waals surface area (Å²) in [6.07, 6.45) is 0. The number of rotatable bonds is 7. The van der Waals surface area contributed by atoms with E-state index in [0.29, 0.717) is 22.6 Å². The summed E-state index contributed by atoms with van der Waals surface area (Å²) in [4.78, 5) is 26.8. The minimum Gasteiger partial charge on any atom is -0.497 e. The van der Waals surface area contributed by atoms with Crippen molar-refractivity contribution in [2.75, 3.05) is 14.2 Å². The Balaban J connectivity index is 1.90. The lowest BCUT2D eigenvalue weighted by Crippen LogP contribution is -2.08. The van der Waals surface area contributed by atoms with Gasteiger partial charge in [0.25, 0.3) is 0 Å². The van der Waals surface area contributed by atoms with E-state index in [4.69, 9.17) is 9.47 Å². The molecule has 6 heteroatoms. The minimum absolute atomic E-state index is 0.282. The predicted molar refractivity (Wildman–Crippen MR) is 125 cm³/mol. The third-order valence-electron chi connectivity index (χ3n) is 5.45. The molecule has 170 valence electrons. The highest BCUT2D eigenvalue weighted by molar-refractivity contribution is 6.17. The molecule has 0 saturated heterocycles. The van der Waals surface area contributed by atoms with Crippen LogP contribution >= 0.6 is 0 Å². The van der Waals surface area contributed by atoms with Gasteiger partial charge >= 0.3 is 0 Å². The second-order valence-corrected chi connectivity index (χ2v) is 7.50. The largest absolute Gasteiger partial charge is 0.497 e. The third kappa shape index (κ3) is 4.57. The van der Waals surface area contributed by atoms with Gasteiger partial charge in [-0.15, -0.1) is 0 Å². The van der Waals surface area contributed by atoms with Gasteiger partial charge in [0, 0.05) is 22.3 Å². The highest BCUT2D eigenvalue weighted by atomic mass is 19.1. The Morgan fingerprint density at radius 3 is 1.24 bits per heavy atom. The number of hydrogen-bond acceptors (Lipinski definition) is 4. The average molecular weight is 458 g/mol. The van der Waals surface area contributed by atoms with Crippen molar-refractivity contribution < 1.29 is 27.8 Å². The molecule has 0 N–H and O–H groups in total. The Bertz CT molecular complexity index is 1250. The SMILES string of the molecule is COc1ccc(-c2ccc(OC)cc2C(=O)c2ccc(F)cc2)c(C(=O)c2ccc(F)cc2)c1. The summed E-state index contributed by atoms with van der Waals surface area (Å²) >= 11 is 0. The molecule has 0 aliphatic carbocycles. The summed E-state index contributed by atoms with van der Waals surface area (Å²) in [5.74, 6) is -0.715. The third-order valence-corrected chi connectivity index (χ3v) is 5.45. The molecular weight excluding hydrogens is 438 g/mol. The molecule has 0 aromatic heterocycles. The van der Waals surface area contributed by atoms with E-state index < -0.39 is 11.6 Å². The lowest BCUT2D eigenvalue weighted by Gasteiger charge is -2.16. The Kier molecular flexibility index (Phi) is 6.50. The molecule has 4 nitrogen and oxygen atoms in total. The molecule has 4 aromatic carbocycles. The zero-order valence-electron chi connectivity index (χ0n) is 18.5. The van der Waals surface area contributed by atoms with E-state index in [0.717, 1.165) is 0 Å². The van der Waals surface area contributed by atoms with Gasteiger partial charge in [0.15, 0.2) is 11.6 Å². The van der Waals surface area contributed by atoms with E-state index in [1.54, 1.807) is 36.4 Å². The van der Waals surface area contributed by atoms with E-state index in [1.165, 1.54) is 62.8 Å². The number of halogens is 2. The summed E-state index contributed by atoms with van der Waals surface area (Å²) < 4.78 is 37.4. The highest BCUT2D eigenvalue weighted by Crippen LogP contribution is 2.34. The highest BCUT2D eigenvalue weighted by Gasteiger charge is 2.22. The van der Waals surface area contributed by atoms with Crippen molar-refractivity contribution in [2.24, 2.45) is 0 Å². The van der Waals surface area contributed by atoms with Crippen molar-refractivity contribution in [3.8, 4) is 22.6 Å². The topological polar surface area (TPSA) is 52.6 Å². The van der Waals surface area contributed by atoms with Gasteiger partial charge < -0.3 is 9.47 Å². The summed E-state index contributed by atoms with van der Waals surface area (Å²) in [6, 6.07) is 20.4. The molecule has 34 heavy (non-hydrogen) atoms. The van der Waals surface area contributed by atoms with E-state index in [-0.39, 0.29) is 33.8 Å². The maximum absolute atomic E-state index is 13.4. The summed E-state index contributed by atoms with van der Waals surface area (Å²) in [7, 11) is 2.97. The number of hydrogen-bond donors (Lipinski definition) is 0. The van der Waals surface area contributed by atoms with Crippen LogP contribution in [-0.2, 0) is 0 Å². The van der Waals surface area contributed by atoms with E-state index >= 15 is 0 Å². The van der Waals surface area contributed by atoms with Crippen LogP contribution in [0.4, 0.5) is 8.78 Å². The van der Waals surface area contributed by atoms with Crippen molar-refractivity contribution in [3.63, 3.8) is 0 Å². The molecule has 0 aliphatic rings. The molecule has 0 bridgehead atoms. The van der Waals surface area contributed by atoms with Gasteiger partial charge in [-0.2, -0.15) is 0 Å². The number of ether oxygens (including phenoxy) is 2. The van der Waals surface area contributed by atoms with Gasteiger partial charge in [0.2, 0.25) is 0 Å². The fraction of sp³-hybridized carbons (Fsp3) is 0.0714. The molecule has 0 fully saturated rings. The van der Waals surface area contributed by atoms with Crippen molar-refractivity contribution in [1.29, 1.82) is 0 Å². The van der Waals surface area contributed by atoms with Crippen molar-refractivity contribution >= 4 is 11.6 Å². The van der Waals surface area contributed by atoms with Gasteiger partial charge in [-0.3, -0.25) is 9.59 Å². The van der Waals surface area contributed by atoms with Crippen molar-refractivity contribution in [2.45, 2.75) is 0 Å². The molecule has 0 unspecified atom stereocenters. The first-order valence-corrected chi connectivity index (χ1v) is 10.4. The number of ketones is 2. The lowest BCUT2D eigenvalue weighted by molar-refractivity contribution is 0.102. The standard InChI is InChI=1S/C28H20F2O4/c1-33-21-11-13-23(25(15-21)27(31)17-3-7-19(29)8-4-17)24-14-12-22(34-2)16-26(24)28(32)18-5-9-20(30)10-6-18/h3-16H,1-2H3. The Hall–Kier alpha value is -4.32.